The summed E-state index contributed by atoms with van der Waals surface area (Å²) < 4.78 is 7.90. The molecule has 176 valence electrons. The van der Waals surface area contributed by atoms with E-state index >= 15 is 0 Å². The second kappa shape index (κ2) is 8.00. The third kappa shape index (κ3) is 3.55. The molecule has 2 aromatic heterocycles. The summed E-state index contributed by atoms with van der Waals surface area (Å²) in [6.07, 6.45) is 6.91. The van der Waals surface area contributed by atoms with Crippen LogP contribution >= 0.6 is 0 Å². The molecule has 3 N–H and O–H groups in total. The van der Waals surface area contributed by atoms with Gasteiger partial charge in [0.2, 0.25) is 5.91 Å². The molecule has 3 aromatic rings. The summed E-state index contributed by atoms with van der Waals surface area (Å²) >= 11 is 0. The molecule has 3 atom stereocenters. The van der Waals surface area contributed by atoms with Crippen LogP contribution in [0.15, 0.2) is 41.7 Å². The first-order valence-corrected chi connectivity index (χ1v) is 12.0. The molecule has 9 nitrogen and oxygen atoms in total. The Morgan fingerprint density at radius 2 is 1.97 bits per heavy atom. The zero-order valence-electron chi connectivity index (χ0n) is 18.9. The monoisotopic (exact) mass is 460 g/mol. The van der Waals surface area contributed by atoms with Gasteiger partial charge in [-0.2, -0.15) is 10.2 Å². The first-order chi connectivity index (χ1) is 16.5. The van der Waals surface area contributed by atoms with Gasteiger partial charge in [0.25, 0.3) is 5.56 Å². The normalized spacial score (nSPS) is 25.8. The molecule has 0 radical (unpaired) electrons. The number of H-pyrrole nitrogens is 1. The first-order valence-electron chi connectivity index (χ1n) is 12.0. The quantitative estimate of drug-likeness (QED) is 0.565. The number of fused-ring (bicyclic) bond motifs is 2. The van der Waals surface area contributed by atoms with Crippen molar-refractivity contribution in [2.75, 3.05) is 18.8 Å². The van der Waals surface area contributed by atoms with E-state index in [1.165, 1.54) is 12.5 Å². The van der Waals surface area contributed by atoms with Crippen LogP contribution in [0.25, 0.3) is 22.2 Å². The molecular weight excluding hydrogens is 432 g/mol. The van der Waals surface area contributed by atoms with Crippen LogP contribution in [0.3, 0.4) is 0 Å². The van der Waals surface area contributed by atoms with Crippen molar-refractivity contribution in [2.24, 2.45) is 11.8 Å². The van der Waals surface area contributed by atoms with Gasteiger partial charge in [-0.3, -0.25) is 14.3 Å². The number of nitrogens with one attached hydrogen (secondary N) is 1. The zero-order valence-corrected chi connectivity index (χ0v) is 18.9. The van der Waals surface area contributed by atoms with E-state index in [0.717, 1.165) is 48.8 Å². The number of nitrogen functional groups attached to an aromatic ring is 1. The molecule has 34 heavy (non-hydrogen) atoms. The number of benzene rings is 1. The molecule has 2 aliphatic carbocycles. The fourth-order valence-electron chi connectivity index (χ4n) is 5.70. The molecule has 3 heterocycles. The van der Waals surface area contributed by atoms with E-state index in [-0.39, 0.29) is 23.3 Å². The van der Waals surface area contributed by atoms with Gasteiger partial charge < -0.3 is 15.4 Å². The standard InChI is InChI=1S/C25H28N6O3/c1-2-20(32)30-9-3-4-17(13-30)31-23-21(24(26)27-28-25(23)33)22(29-31)14-5-7-18(8-6-14)34-19-11-15-10-16(15)12-19/h2,5-8,15-17,19H,1,3-4,9-13H2,(H2,26,27)(H,28,33). The molecule has 3 unspecified atom stereocenters. The molecule has 1 amide bonds. The Kier molecular flexibility index (Phi) is 4.93. The van der Waals surface area contributed by atoms with Crippen LogP contribution in [0.4, 0.5) is 5.82 Å². The highest BCUT2D eigenvalue weighted by molar-refractivity contribution is 5.99. The van der Waals surface area contributed by atoms with Crippen molar-refractivity contribution in [1.29, 1.82) is 0 Å². The topological polar surface area (TPSA) is 119 Å². The molecule has 0 bridgehead atoms. The molecular formula is C25H28N6O3. The minimum Gasteiger partial charge on any atom is -0.490 e. The van der Waals surface area contributed by atoms with Crippen molar-refractivity contribution in [3.8, 4) is 17.0 Å². The summed E-state index contributed by atoms with van der Waals surface area (Å²) in [6, 6.07) is 7.66. The molecule has 0 spiro atoms. The SMILES string of the molecule is C=CC(=O)N1CCCC(n2nc(-c3ccc(OC4CC5CC5C4)cc3)c3c(N)n[nH]c(=O)c32)C1. The van der Waals surface area contributed by atoms with E-state index in [1.807, 2.05) is 24.3 Å². The highest BCUT2D eigenvalue weighted by atomic mass is 16.5. The molecule has 3 aliphatic rings. The number of hydrogen-bond donors (Lipinski definition) is 2. The number of aromatic amines is 1. The lowest BCUT2D eigenvalue weighted by Crippen LogP contribution is -2.40. The molecule has 2 saturated carbocycles. The van der Waals surface area contributed by atoms with Gasteiger partial charge in [-0.05, 0) is 74.3 Å². The highest BCUT2D eigenvalue weighted by Crippen LogP contribution is 2.52. The smallest absolute Gasteiger partial charge is 0.290 e. The maximum Gasteiger partial charge on any atom is 0.290 e. The van der Waals surface area contributed by atoms with Crippen LogP contribution in [0, 0.1) is 11.8 Å². The van der Waals surface area contributed by atoms with E-state index in [2.05, 4.69) is 16.8 Å². The number of anilines is 1. The summed E-state index contributed by atoms with van der Waals surface area (Å²) in [5.74, 6) is 2.67. The molecule has 3 fully saturated rings. The maximum atomic E-state index is 12.8. The van der Waals surface area contributed by atoms with Gasteiger partial charge in [0.05, 0.1) is 17.5 Å². The van der Waals surface area contributed by atoms with E-state index in [9.17, 15) is 9.59 Å². The predicted octanol–water partition coefficient (Wildman–Crippen LogP) is 2.90. The summed E-state index contributed by atoms with van der Waals surface area (Å²) in [7, 11) is 0. The van der Waals surface area contributed by atoms with E-state index < -0.39 is 0 Å². The lowest BCUT2D eigenvalue weighted by Gasteiger charge is -2.32. The van der Waals surface area contributed by atoms with E-state index in [1.54, 1.807) is 9.58 Å². The number of carbonyl (C=O) groups excluding carboxylic acids is 1. The molecule has 1 saturated heterocycles. The molecule has 9 heteroatoms. The number of likely N-dealkylation sites (tertiary alicyclic amines) is 1. The average molecular weight is 461 g/mol. The van der Waals surface area contributed by atoms with Gasteiger partial charge in [0.1, 0.15) is 17.0 Å². The lowest BCUT2D eigenvalue weighted by atomic mass is 10.1. The van der Waals surface area contributed by atoms with Crippen LogP contribution in [0.1, 0.15) is 38.1 Å². The van der Waals surface area contributed by atoms with Gasteiger partial charge in [-0.1, -0.05) is 6.58 Å². The number of rotatable bonds is 5. The van der Waals surface area contributed by atoms with Gasteiger partial charge >= 0.3 is 0 Å². The van der Waals surface area contributed by atoms with Gasteiger partial charge in [0.15, 0.2) is 5.82 Å². The Hall–Kier alpha value is -3.62. The average Bonchev–Trinajstić information content (AvgIpc) is 3.27. The molecule has 6 rings (SSSR count). The van der Waals surface area contributed by atoms with Crippen molar-refractivity contribution in [3.63, 3.8) is 0 Å². The van der Waals surface area contributed by atoms with Crippen LogP contribution in [-0.4, -0.2) is 50.0 Å². The fourth-order valence-corrected chi connectivity index (χ4v) is 5.70. The second-order valence-corrected chi connectivity index (χ2v) is 9.73. The number of hydrogen-bond acceptors (Lipinski definition) is 6. The van der Waals surface area contributed by atoms with Gasteiger partial charge in [0, 0.05) is 18.7 Å². The minimum absolute atomic E-state index is 0.119. The van der Waals surface area contributed by atoms with E-state index in [0.29, 0.717) is 35.8 Å². The fraction of sp³-hybridized carbons (Fsp3) is 0.440. The maximum absolute atomic E-state index is 12.8. The first kappa shape index (κ1) is 20.9. The second-order valence-electron chi connectivity index (χ2n) is 9.73. The van der Waals surface area contributed by atoms with Crippen molar-refractivity contribution in [2.45, 2.75) is 44.2 Å². The van der Waals surface area contributed by atoms with Gasteiger partial charge in [-0.15, -0.1) is 0 Å². The van der Waals surface area contributed by atoms with Crippen molar-refractivity contribution < 1.29 is 9.53 Å². The Balaban J connectivity index is 1.35. The number of nitrogens with two attached hydrogens (primary N) is 1. The summed E-state index contributed by atoms with van der Waals surface area (Å²) in [4.78, 5) is 26.8. The molecule has 1 aromatic carbocycles. The number of carbonyl (C=O) groups is 1. The van der Waals surface area contributed by atoms with Crippen LogP contribution in [0.5, 0.6) is 5.75 Å². The van der Waals surface area contributed by atoms with Crippen molar-refractivity contribution >= 4 is 22.6 Å². The summed E-state index contributed by atoms with van der Waals surface area (Å²) in [6.45, 7) is 4.72. The van der Waals surface area contributed by atoms with Crippen LogP contribution in [-0.2, 0) is 4.79 Å². The molecule has 1 aliphatic heterocycles. The van der Waals surface area contributed by atoms with E-state index in [4.69, 9.17) is 15.6 Å². The summed E-state index contributed by atoms with van der Waals surface area (Å²) in [5.41, 5.74) is 7.69. The highest BCUT2D eigenvalue weighted by Gasteiger charge is 2.46. The largest absolute Gasteiger partial charge is 0.490 e. The Morgan fingerprint density at radius 1 is 1.21 bits per heavy atom. The van der Waals surface area contributed by atoms with Crippen molar-refractivity contribution in [3.05, 3.63) is 47.3 Å². The third-order valence-electron chi connectivity index (χ3n) is 7.52. The van der Waals surface area contributed by atoms with Gasteiger partial charge in [-0.25, -0.2) is 5.10 Å². The Bertz CT molecular complexity index is 1320. The Labute approximate surface area is 196 Å². The van der Waals surface area contributed by atoms with Crippen LogP contribution < -0.4 is 16.0 Å². The predicted molar refractivity (Wildman–Crippen MR) is 128 cm³/mol. The number of nitrogens with zero attached hydrogens (tertiary/aromatic N) is 4. The zero-order chi connectivity index (χ0) is 23.4. The lowest BCUT2D eigenvalue weighted by molar-refractivity contribution is -0.127. The van der Waals surface area contributed by atoms with Crippen molar-refractivity contribution in [1.82, 2.24) is 24.9 Å². The number of ether oxygens (including phenoxy) is 1. The number of piperidine rings is 1. The summed E-state index contributed by atoms with van der Waals surface area (Å²) in [5, 5.41) is 11.8. The number of amides is 1. The minimum atomic E-state index is -0.352. The third-order valence-corrected chi connectivity index (χ3v) is 7.52. The Morgan fingerprint density at radius 3 is 2.71 bits per heavy atom. The number of aromatic nitrogens is 4. The van der Waals surface area contributed by atoms with Crippen LogP contribution in [0.2, 0.25) is 0 Å².